The number of aromatic nitrogens is 1. The lowest BCUT2D eigenvalue weighted by Crippen LogP contribution is -2.02. The van der Waals surface area contributed by atoms with Gasteiger partial charge in [0.1, 0.15) is 29.8 Å². The highest BCUT2D eigenvalue weighted by Crippen LogP contribution is 2.23. The number of hydrogen-bond acceptors (Lipinski definition) is 6. The molecule has 0 radical (unpaired) electrons. The minimum atomic E-state index is -0.543. The molecule has 0 aliphatic carbocycles. The average molecular weight is 395 g/mol. The van der Waals surface area contributed by atoms with Crippen molar-refractivity contribution in [2.45, 2.75) is 6.61 Å². The number of nitrogen functional groups attached to an aromatic ring is 1. The number of benzene rings is 2. The Morgan fingerprint density at radius 2 is 2.12 bits per heavy atom. The Hall–Kier alpha value is -2.71. The fourth-order valence-electron chi connectivity index (χ4n) is 2.06. The van der Waals surface area contributed by atoms with E-state index in [1.54, 1.807) is 23.6 Å². The van der Waals surface area contributed by atoms with Crippen molar-refractivity contribution in [2.75, 3.05) is 11.2 Å². The van der Waals surface area contributed by atoms with Crippen LogP contribution in [0.5, 0.6) is 5.75 Å². The van der Waals surface area contributed by atoms with E-state index in [-0.39, 0.29) is 12.2 Å². The van der Waals surface area contributed by atoms with Gasteiger partial charge < -0.3 is 10.5 Å². The van der Waals surface area contributed by atoms with E-state index in [0.717, 1.165) is 18.2 Å². The van der Waals surface area contributed by atoms with Gasteiger partial charge in [0, 0.05) is 21.5 Å². The van der Waals surface area contributed by atoms with Crippen LogP contribution >= 0.6 is 22.9 Å². The third-order valence-electron chi connectivity index (χ3n) is 3.25. The number of hydrogen-bond donors (Lipinski definition) is 2. The number of rotatable bonds is 6. The molecule has 3 aromatic rings. The number of nitrogens with one attached hydrogen (secondary N) is 1. The van der Waals surface area contributed by atoms with E-state index in [1.165, 1.54) is 17.6 Å². The summed E-state index contributed by atoms with van der Waals surface area (Å²) >= 11 is 7.31. The van der Waals surface area contributed by atoms with Crippen LogP contribution < -0.4 is 15.9 Å². The van der Waals surface area contributed by atoms with Crippen molar-refractivity contribution in [1.29, 1.82) is 0 Å². The molecule has 3 N–H and O–H groups in total. The Balaban J connectivity index is 1.74. The molecule has 2 aromatic carbocycles. The second-order valence-corrected chi connectivity index (χ2v) is 6.45. The van der Waals surface area contributed by atoms with E-state index < -0.39 is 11.6 Å². The summed E-state index contributed by atoms with van der Waals surface area (Å²) in [6.45, 7) is -0.136. The van der Waals surface area contributed by atoms with Crippen LogP contribution in [0.25, 0.3) is 0 Å². The highest BCUT2D eigenvalue weighted by molar-refractivity contribution is 7.14. The zero-order chi connectivity index (χ0) is 18.5. The van der Waals surface area contributed by atoms with Crippen LogP contribution in [0.15, 0.2) is 46.9 Å². The van der Waals surface area contributed by atoms with Gasteiger partial charge in [-0.3, -0.25) is 5.43 Å². The van der Waals surface area contributed by atoms with Crippen LogP contribution in [-0.4, -0.2) is 11.2 Å². The van der Waals surface area contributed by atoms with Crippen molar-refractivity contribution in [1.82, 2.24) is 4.98 Å². The molecule has 0 spiro atoms. The molecular weight excluding hydrogens is 382 g/mol. The van der Waals surface area contributed by atoms with E-state index in [2.05, 4.69) is 15.5 Å². The number of anilines is 2. The summed E-state index contributed by atoms with van der Waals surface area (Å²) in [4.78, 5) is 4.01. The van der Waals surface area contributed by atoms with Gasteiger partial charge in [-0.05, 0) is 36.4 Å². The Bertz CT molecular complexity index is 948. The van der Waals surface area contributed by atoms with Gasteiger partial charge in [-0.1, -0.05) is 11.6 Å². The lowest BCUT2D eigenvalue weighted by atomic mass is 10.2. The van der Waals surface area contributed by atoms with Crippen molar-refractivity contribution < 1.29 is 13.5 Å². The van der Waals surface area contributed by atoms with Crippen molar-refractivity contribution in [3.05, 3.63) is 69.6 Å². The summed E-state index contributed by atoms with van der Waals surface area (Å²) in [7, 11) is 0. The van der Waals surface area contributed by atoms with Gasteiger partial charge in [0.05, 0.1) is 6.21 Å². The lowest BCUT2D eigenvalue weighted by molar-refractivity contribution is 0.298. The van der Waals surface area contributed by atoms with Crippen LogP contribution in [0.1, 0.15) is 11.1 Å². The first-order valence-corrected chi connectivity index (χ1v) is 8.63. The predicted octanol–water partition coefficient (Wildman–Crippen LogP) is 4.68. The third kappa shape index (κ3) is 4.68. The smallest absolute Gasteiger partial charge is 0.205 e. The lowest BCUT2D eigenvalue weighted by Gasteiger charge is -2.10. The van der Waals surface area contributed by atoms with E-state index in [4.69, 9.17) is 22.1 Å². The number of thiazole rings is 1. The number of hydrazone groups is 1. The van der Waals surface area contributed by atoms with Crippen molar-refractivity contribution in [2.24, 2.45) is 5.10 Å². The number of nitrogens with two attached hydrogens (primary N) is 1. The molecule has 0 aliphatic heterocycles. The Labute approximate surface area is 157 Å². The van der Waals surface area contributed by atoms with Gasteiger partial charge in [0.15, 0.2) is 0 Å². The van der Waals surface area contributed by atoms with Crippen molar-refractivity contribution in [3.8, 4) is 5.75 Å². The minimum Gasteiger partial charge on any atom is -0.488 e. The third-order valence-corrected chi connectivity index (χ3v) is 4.25. The molecular formula is C17H13ClF2N4OS. The van der Waals surface area contributed by atoms with Gasteiger partial charge in [0.25, 0.3) is 0 Å². The molecule has 0 aliphatic rings. The second-order valence-electron chi connectivity index (χ2n) is 5.15. The molecule has 0 atom stereocenters. The van der Waals surface area contributed by atoms with E-state index in [0.29, 0.717) is 27.3 Å². The standard InChI is InChI=1S/C17H13ClF2N4OS/c18-12-1-4-15(25-8-11-6-13(19)2-3-14(11)20)10(5-12)7-22-24-17-23-16(21)9-26-17/h1-7,9H,8,21H2,(H,23,24). The summed E-state index contributed by atoms with van der Waals surface area (Å²) in [5.74, 6) is -0.257. The average Bonchev–Trinajstić information content (AvgIpc) is 3.02. The Morgan fingerprint density at radius 3 is 2.88 bits per heavy atom. The van der Waals surface area contributed by atoms with Crippen LogP contribution in [-0.2, 0) is 6.61 Å². The van der Waals surface area contributed by atoms with Gasteiger partial charge in [-0.2, -0.15) is 5.10 Å². The summed E-state index contributed by atoms with van der Waals surface area (Å²) in [6, 6.07) is 8.10. The maximum Gasteiger partial charge on any atom is 0.205 e. The molecule has 0 bridgehead atoms. The first-order chi connectivity index (χ1) is 12.5. The molecule has 0 saturated carbocycles. The first-order valence-electron chi connectivity index (χ1n) is 7.37. The quantitative estimate of drug-likeness (QED) is 0.470. The number of halogens is 3. The maximum absolute atomic E-state index is 13.7. The summed E-state index contributed by atoms with van der Waals surface area (Å²) in [5, 5.41) is 6.75. The van der Waals surface area contributed by atoms with Crippen LogP contribution in [0.4, 0.5) is 19.7 Å². The van der Waals surface area contributed by atoms with Crippen LogP contribution in [0, 0.1) is 11.6 Å². The fraction of sp³-hybridized carbons (Fsp3) is 0.0588. The molecule has 9 heteroatoms. The van der Waals surface area contributed by atoms with E-state index >= 15 is 0 Å². The Kier molecular flexibility index (Phi) is 5.65. The number of nitrogens with zero attached hydrogens (tertiary/aromatic N) is 2. The molecule has 26 heavy (non-hydrogen) atoms. The SMILES string of the molecule is Nc1csc(NN=Cc2cc(Cl)ccc2OCc2cc(F)ccc2F)n1. The fourth-order valence-corrected chi connectivity index (χ4v) is 2.78. The molecule has 0 amide bonds. The second kappa shape index (κ2) is 8.11. The summed E-state index contributed by atoms with van der Waals surface area (Å²) < 4.78 is 32.6. The Morgan fingerprint density at radius 1 is 1.27 bits per heavy atom. The molecule has 0 saturated heterocycles. The number of ether oxygens (including phenoxy) is 1. The van der Waals surface area contributed by atoms with Gasteiger partial charge >= 0.3 is 0 Å². The monoisotopic (exact) mass is 394 g/mol. The van der Waals surface area contributed by atoms with E-state index in [1.807, 2.05) is 0 Å². The maximum atomic E-state index is 13.7. The highest BCUT2D eigenvalue weighted by atomic mass is 35.5. The largest absolute Gasteiger partial charge is 0.488 e. The molecule has 5 nitrogen and oxygen atoms in total. The topological polar surface area (TPSA) is 72.5 Å². The summed E-state index contributed by atoms with van der Waals surface area (Å²) in [5.41, 5.74) is 8.95. The first kappa shape index (κ1) is 18.1. The molecule has 134 valence electrons. The molecule has 0 fully saturated rings. The van der Waals surface area contributed by atoms with Crippen molar-refractivity contribution >= 4 is 40.1 Å². The van der Waals surface area contributed by atoms with Crippen molar-refractivity contribution in [3.63, 3.8) is 0 Å². The zero-order valence-electron chi connectivity index (χ0n) is 13.2. The molecule has 1 heterocycles. The zero-order valence-corrected chi connectivity index (χ0v) is 14.8. The van der Waals surface area contributed by atoms with Gasteiger partial charge in [-0.25, -0.2) is 13.8 Å². The predicted molar refractivity (Wildman–Crippen MR) is 99.9 cm³/mol. The normalized spacial score (nSPS) is 11.0. The molecule has 0 unspecified atom stereocenters. The molecule has 1 aromatic heterocycles. The minimum absolute atomic E-state index is 0.110. The molecule has 3 rings (SSSR count). The van der Waals surface area contributed by atoms with Crippen LogP contribution in [0.3, 0.4) is 0 Å². The van der Waals surface area contributed by atoms with Gasteiger partial charge in [-0.15, -0.1) is 11.3 Å². The van der Waals surface area contributed by atoms with Gasteiger partial charge in [0.2, 0.25) is 5.13 Å². The van der Waals surface area contributed by atoms with E-state index in [9.17, 15) is 8.78 Å². The summed E-state index contributed by atoms with van der Waals surface area (Å²) in [6.07, 6.45) is 1.49. The highest BCUT2D eigenvalue weighted by Gasteiger charge is 2.08. The van der Waals surface area contributed by atoms with Crippen LogP contribution in [0.2, 0.25) is 5.02 Å².